The minimum absolute atomic E-state index is 0.510. The molecule has 0 saturated heterocycles. The lowest BCUT2D eigenvalue weighted by Gasteiger charge is -2.06. The first-order chi connectivity index (χ1) is 13.3. The fourth-order valence-electron chi connectivity index (χ4n) is 2.54. The molecule has 0 unspecified atom stereocenters. The quantitative estimate of drug-likeness (QED) is 0.358. The van der Waals surface area contributed by atoms with Gasteiger partial charge in [0.25, 0.3) is 5.89 Å². The van der Waals surface area contributed by atoms with E-state index in [0.717, 1.165) is 22.1 Å². The molecule has 134 valence electrons. The molecule has 0 aliphatic heterocycles. The highest BCUT2D eigenvalue weighted by Gasteiger charge is 2.15. The molecule has 0 amide bonds. The molecule has 0 spiro atoms. The number of allylic oxidation sites excluding steroid dienone is 1. The number of rotatable bonds is 7. The maximum Gasteiger partial charge on any atom is 0.257 e. The van der Waals surface area contributed by atoms with Gasteiger partial charge in [-0.25, -0.2) is 0 Å². The van der Waals surface area contributed by atoms with Crippen molar-refractivity contribution in [3.05, 3.63) is 73.3 Å². The summed E-state index contributed by atoms with van der Waals surface area (Å²) in [7, 11) is 0. The Kier molecular flexibility index (Phi) is 5.06. The molecule has 0 aliphatic carbocycles. The van der Waals surface area contributed by atoms with Crippen LogP contribution >= 0.6 is 11.8 Å². The van der Waals surface area contributed by atoms with Crippen LogP contribution in [0.15, 0.2) is 77.2 Å². The minimum Gasteiger partial charge on any atom is -0.334 e. The predicted molar refractivity (Wildman–Crippen MR) is 103 cm³/mol. The Bertz CT molecular complexity index is 1030. The highest BCUT2D eigenvalue weighted by atomic mass is 32.2. The second-order valence-electron chi connectivity index (χ2n) is 5.61. The summed E-state index contributed by atoms with van der Waals surface area (Å²) in [5, 5.41) is 13.5. The molecule has 1 aromatic carbocycles. The Morgan fingerprint density at radius 2 is 1.85 bits per heavy atom. The molecule has 0 fully saturated rings. The van der Waals surface area contributed by atoms with Crippen LogP contribution in [0.1, 0.15) is 5.82 Å². The Morgan fingerprint density at radius 3 is 2.63 bits per heavy atom. The monoisotopic (exact) mass is 376 g/mol. The van der Waals surface area contributed by atoms with Crippen LogP contribution in [0.2, 0.25) is 0 Å². The van der Waals surface area contributed by atoms with Gasteiger partial charge in [0.15, 0.2) is 16.8 Å². The van der Waals surface area contributed by atoms with Crippen molar-refractivity contribution in [2.75, 3.05) is 0 Å². The number of thioether (sulfide) groups is 1. The molecule has 4 aromatic rings. The van der Waals surface area contributed by atoms with Crippen LogP contribution in [0.4, 0.5) is 0 Å². The van der Waals surface area contributed by atoms with E-state index in [-0.39, 0.29) is 0 Å². The van der Waals surface area contributed by atoms with E-state index in [4.69, 9.17) is 4.52 Å². The third-order valence-electron chi connectivity index (χ3n) is 3.79. The van der Waals surface area contributed by atoms with E-state index in [1.807, 2.05) is 53.1 Å². The first-order valence-electron chi connectivity index (χ1n) is 8.30. The molecule has 8 heteroatoms. The van der Waals surface area contributed by atoms with Crippen molar-refractivity contribution in [2.24, 2.45) is 0 Å². The van der Waals surface area contributed by atoms with Gasteiger partial charge in [0, 0.05) is 30.1 Å². The van der Waals surface area contributed by atoms with Crippen molar-refractivity contribution in [1.82, 2.24) is 29.9 Å². The predicted octanol–water partition coefficient (Wildman–Crippen LogP) is 3.87. The van der Waals surface area contributed by atoms with Crippen LogP contribution in [0.3, 0.4) is 0 Å². The zero-order chi connectivity index (χ0) is 18.5. The fourth-order valence-corrected chi connectivity index (χ4v) is 3.33. The first-order valence-corrected chi connectivity index (χ1v) is 9.29. The van der Waals surface area contributed by atoms with Crippen molar-refractivity contribution in [1.29, 1.82) is 0 Å². The first kappa shape index (κ1) is 17.2. The van der Waals surface area contributed by atoms with Crippen molar-refractivity contribution in [3.8, 4) is 22.8 Å². The van der Waals surface area contributed by atoms with Gasteiger partial charge in [0.05, 0.1) is 5.75 Å². The van der Waals surface area contributed by atoms with Crippen LogP contribution in [0.5, 0.6) is 0 Å². The maximum atomic E-state index is 5.35. The third kappa shape index (κ3) is 3.80. The van der Waals surface area contributed by atoms with E-state index in [9.17, 15) is 0 Å². The van der Waals surface area contributed by atoms with E-state index in [0.29, 0.717) is 24.0 Å². The number of pyridine rings is 1. The largest absolute Gasteiger partial charge is 0.334 e. The van der Waals surface area contributed by atoms with Gasteiger partial charge in [-0.2, -0.15) is 4.98 Å². The van der Waals surface area contributed by atoms with Crippen LogP contribution in [-0.4, -0.2) is 29.9 Å². The second kappa shape index (κ2) is 7.96. The van der Waals surface area contributed by atoms with Crippen LogP contribution in [0.25, 0.3) is 22.8 Å². The van der Waals surface area contributed by atoms with Gasteiger partial charge in [-0.05, 0) is 24.3 Å². The number of benzene rings is 1. The third-order valence-corrected chi connectivity index (χ3v) is 4.75. The maximum absolute atomic E-state index is 5.35. The molecule has 0 N–H and O–H groups in total. The molecular weight excluding hydrogens is 360 g/mol. The van der Waals surface area contributed by atoms with Crippen LogP contribution in [-0.2, 0) is 12.3 Å². The molecule has 3 heterocycles. The van der Waals surface area contributed by atoms with Gasteiger partial charge in [0.1, 0.15) is 0 Å². The Morgan fingerprint density at radius 1 is 1.04 bits per heavy atom. The van der Waals surface area contributed by atoms with Gasteiger partial charge < -0.3 is 4.52 Å². The van der Waals surface area contributed by atoms with Crippen molar-refractivity contribution >= 4 is 11.8 Å². The second-order valence-corrected chi connectivity index (χ2v) is 6.55. The van der Waals surface area contributed by atoms with Crippen LogP contribution in [0, 0.1) is 0 Å². The van der Waals surface area contributed by atoms with Crippen molar-refractivity contribution in [3.63, 3.8) is 0 Å². The average molecular weight is 376 g/mol. The Labute approximate surface area is 160 Å². The highest BCUT2D eigenvalue weighted by Crippen LogP contribution is 2.26. The van der Waals surface area contributed by atoms with Gasteiger partial charge in [-0.15, -0.1) is 16.8 Å². The zero-order valence-corrected chi connectivity index (χ0v) is 15.2. The molecular formula is C19H16N6OS. The van der Waals surface area contributed by atoms with E-state index < -0.39 is 0 Å². The number of hydrogen-bond acceptors (Lipinski definition) is 7. The molecule has 7 nitrogen and oxygen atoms in total. The molecule has 0 atom stereocenters. The van der Waals surface area contributed by atoms with Crippen molar-refractivity contribution in [2.45, 2.75) is 17.5 Å². The molecule has 27 heavy (non-hydrogen) atoms. The number of hydrogen-bond donors (Lipinski definition) is 0. The standard InChI is InChI=1S/C19H16N6OS/c1-2-12-25-17(14-8-10-20-11-9-14)22-23-19(25)27-13-16-21-18(26-24-16)15-6-4-3-5-7-15/h2-11H,1,12-13H2. The van der Waals surface area contributed by atoms with E-state index in [1.165, 1.54) is 11.8 Å². The zero-order valence-electron chi connectivity index (χ0n) is 14.4. The topological polar surface area (TPSA) is 82.5 Å². The average Bonchev–Trinajstić information content (AvgIpc) is 3.35. The van der Waals surface area contributed by atoms with Crippen LogP contribution < -0.4 is 0 Å². The summed E-state index contributed by atoms with van der Waals surface area (Å²) in [6.45, 7) is 4.43. The summed E-state index contributed by atoms with van der Waals surface area (Å²) in [5.41, 5.74) is 1.85. The van der Waals surface area contributed by atoms with E-state index in [2.05, 4.69) is 31.9 Å². The van der Waals surface area contributed by atoms with E-state index in [1.54, 1.807) is 12.4 Å². The summed E-state index contributed by atoms with van der Waals surface area (Å²) in [4.78, 5) is 8.50. The lowest BCUT2D eigenvalue weighted by molar-refractivity contribution is 0.425. The normalized spacial score (nSPS) is 10.8. The smallest absolute Gasteiger partial charge is 0.257 e. The van der Waals surface area contributed by atoms with Gasteiger partial charge in [-0.1, -0.05) is 41.2 Å². The Hall–Kier alpha value is -3.26. The Balaban J connectivity index is 1.53. The van der Waals surface area contributed by atoms with Gasteiger partial charge in [-0.3, -0.25) is 9.55 Å². The minimum atomic E-state index is 0.510. The summed E-state index contributed by atoms with van der Waals surface area (Å²) >= 11 is 1.51. The summed E-state index contributed by atoms with van der Waals surface area (Å²) in [5.74, 6) is 2.42. The fraction of sp³-hybridized carbons (Fsp3) is 0.105. The molecule has 0 aliphatic rings. The SMILES string of the molecule is C=CCn1c(SCc2noc(-c3ccccc3)n2)nnc1-c1ccncc1. The lowest BCUT2D eigenvalue weighted by atomic mass is 10.2. The van der Waals surface area contributed by atoms with Crippen molar-refractivity contribution < 1.29 is 4.52 Å². The number of nitrogens with zero attached hydrogens (tertiary/aromatic N) is 6. The summed E-state index contributed by atoms with van der Waals surface area (Å²) in [6.07, 6.45) is 5.29. The van der Waals surface area contributed by atoms with Gasteiger partial charge in [0.2, 0.25) is 0 Å². The summed E-state index contributed by atoms with van der Waals surface area (Å²) in [6, 6.07) is 13.5. The molecule has 0 saturated carbocycles. The summed E-state index contributed by atoms with van der Waals surface area (Å²) < 4.78 is 7.36. The van der Waals surface area contributed by atoms with E-state index >= 15 is 0 Å². The number of aromatic nitrogens is 6. The highest BCUT2D eigenvalue weighted by molar-refractivity contribution is 7.98. The molecule has 3 aromatic heterocycles. The van der Waals surface area contributed by atoms with Gasteiger partial charge >= 0.3 is 0 Å². The molecule has 0 bridgehead atoms. The molecule has 0 radical (unpaired) electrons. The molecule has 4 rings (SSSR count). The lowest BCUT2D eigenvalue weighted by Crippen LogP contribution is -2.01.